The summed E-state index contributed by atoms with van der Waals surface area (Å²) in [4.78, 5) is 3.66. The zero-order chi connectivity index (χ0) is 9.90. The Morgan fingerprint density at radius 3 is 2.33 bits per heavy atom. The van der Waals surface area contributed by atoms with Crippen molar-refractivity contribution in [2.45, 2.75) is 5.97 Å². The van der Waals surface area contributed by atoms with E-state index in [2.05, 4.69) is 4.98 Å². The van der Waals surface area contributed by atoms with Crippen molar-refractivity contribution in [1.82, 2.24) is 4.98 Å². The van der Waals surface area contributed by atoms with Gasteiger partial charge in [-0.1, -0.05) is 6.20 Å². The van der Waals surface area contributed by atoms with Crippen molar-refractivity contribution in [2.24, 2.45) is 0 Å². The number of nitriles is 1. The first-order valence-corrected chi connectivity index (χ1v) is 3.40. The van der Waals surface area contributed by atoms with Crippen LogP contribution < -0.4 is 0 Å². The molecule has 0 aliphatic heterocycles. The van der Waals surface area contributed by atoms with Crippen LogP contribution in [0.4, 0.5) is 0 Å². The van der Waals surface area contributed by atoms with E-state index in [0.29, 0.717) is 0 Å². The average molecular weight is 286 g/mol. The Morgan fingerprint density at radius 1 is 1.40 bits per heavy atom. The van der Waals surface area contributed by atoms with Gasteiger partial charge in [0.1, 0.15) is 0 Å². The first kappa shape index (κ1) is 16.9. The molecule has 7 heteroatoms. The summed E-state index contributed by atoms with van der Waals surface area (Å²) in [6, 6.07) is 4.43. The van der Waals surface area contributed by atoms with E-state index in [1.54, 1.807) is 0 Å². The van der Waals surface area contributed by atoms with Crippen molar-refractivity contribution in [3.63, 3.8) is 0 Å². The van der Waals surface area contributed by atoms with Crippen LogP contribution in [0, 0.1) is 17.2 Å². The van der Waals surface area contributed by atoms with Gasteiger partial charge in [-0.2, -0.15) is 6.07 Å². The van der Waals surface area contributed by atoms with Gasteiger partial charge < -0.3 is 25.8 Å². The van der Waals surface area contributed by atoms with E-state index in [0.717, 1.165) is 0 Å². The molecule has 0 spiro atoms. The standard InChI is InChI=1S/C8H7N2O3.H2O.Y/c9-4-7(8(11,12)13)6-2-1-3-10-5-6;;/h1-3,5,11-13H;1H2;/q-1;;. The molecule has 0 bridgehead atoms. The number of rotatable bonds is 2. The maximum absolute atomic E-state index is 8.75. The third-order valence-electron chi connectivity index (χ3n) is 1.40. The fourth-order valence-corrected chi connectivity index (χ4v) is 0.844. The molecule has 0 fully saturated rings. The van der Waals surface area contributed by atoms with E-state index in [9.17, 15) is 0 Å². The predicted molar refractivity (Wildman–Crippen MR) is 45.2 cm³/mol. The molecule has 1 rings (SSSR count). The summed E-state index contributed by atoms with van der Waals surface area (Å²) >= 11 is 0. The maximum Gasteiger partial charge on any atom is 0.265 e. The van der Waals surface area contributed by atoms with E-state index in [1.165, 1.54) is 30.6 Å². The van der Waals surface area contributed by atoms with E-state index in [1.807, 2.05) is 0 Å². The van der Waals surface area contributed by atoms with Crippen molar-refractivity contribution in [1.29, 1.82) is 5.26 Å². The van der Waals surface area contributed by atoms with Crippen LogP contribution in [0.15, 0.2) is 24.5 Å². The molecular weight excluding hydrogens is 277 g/mol. The van der Waals surface area contributed by atoms with Gasteiger partial charge in [0.05, 0.1) is 0 Å². The Kier molecular flexibility index (Phi) is 7.70. The Labute approximate surface area is 111 Å². The zero-order valence-corrected chi connectivity index (χ0v) is 10.5. The van der Waals surface area contributed by atoms with E-state index < -0.39 is 11.9 Å². The topological polar surface area (TPSA) is 129 Å². The molecule has 1 heterocycles. The summed E-state index contributed by atoms with van der Waals surface area (Å²) in [5, 5.41) is 34.8. The van der Waals surface area contributed by atoms with Crippen LogP contribution in [0.25, 0.3) is 0 Å². The molecule has 0 aliphatic carbocycles. The molecular formula is C8H9N2O4Y-. The summed E-state index contributed by atoms with van der Waals surface area (Å²) in [5.74, 6) is -3.67. The molecule has 1 aromatic rings. The minimum absolute atomic E-state index is 0. The molecule has 1 radical (unpaired) electrons. The third kappa shape index (κ3) is 4.66. The Bertz CT molecular complexity index is 320. The smallest absolute Gasteiger partial charge is 0.265 e. The number of hydrogen-bond acceptors (Lipinski definition) is 5. The molecule has 79 valence electrons. The van der Waals surface area contributed by atoms with Gasteiger partial charge in [-0.05, 0) is 6.20 Å². The molecule has 0 saturated heterocycles. The number of aliphatic hydroxyl groups is 3. The number of aromatic nitrogens is 1. The first-order chi connectivity index (χ1) is 6.05. The molecule has 0 atom stereocenters. The fraction of sp³-hybridized carbons (Fsp3) is 0.125. The maximum atomic E-state index is 8.75. The minimum atomic E-state index is -3.11. The number of hydrogen-bond donors (Lipinski definition) is 3. The van der Waals surface area contributed by atoms with Crippen LogP contribution >= 0.6 is 0 Å². The molecule has 6 nitrogen and oxygen atoms in total. The summed E-state index contributed by atoms with van der Waals surface area (Å²) in [5.41, 5.74) is 0.164. The SMILES string of the molecule is N#C[C-](c1cccnc1)C(O)(O)O.O.[Y]. The first-order valence-electron chi connectivity index (χ1n) is 3.40. The molecule has 0 aliphatic rings. The summed E-state index contributed by atoms with van der Waals surface area (Å²) in [6.45, 7) is 0. The van der Waals surface area contributed by atoms with Gasteiger partial charge in [-0.15, -0.1) is 11.6 Å². The predicted octanol–water partition coefficient (Wildman–Crippen LogP) is -1.67. The van der Waals surface area contributed by atoms with Crippen LogP contribution in [0.2, 0.25) is 0 Å². The van der Waals surface area contributed by atoms with Crippen LogP contribution in [-0.4, -0.2) is 31.8 Å². The average Bonchev–Trinajstić information content (AvgIpc) is 2.05. The van der Waals surface area contributed by atoms with Gasteiger partial charge in [-0.25, -0.2) is 5.26 Å². The quantitative estimate of drug-likeness (QED) is 0.442. The van der Waals surface area contributed by atoms with E-state index in [-0.39, 0.29) is 43.7 Å². The van der Waals surface area contributed by atoms with E-state index >= 15 is 0 Å². The number of nitrogens with zero attached hydrogens (tertiary/aromatic N) is 2. The fourth-order valence-electron chi connectivity index (χ4n) is 0.844. The molecule has 0 amide bonds. The minimum Gasteiger partial charge on any atom is -0.412 e. The van der Waals surface area contributed by atoms with Gasteiger partial charge in [-0.3, -0.25) is 0 Å². The monoisotopic (exact) mass is 286 g/mol. The van der Waals surface area contributed by atoms with Crippen molar-refractivity contribution in [3.05, 3.63) is 36.0 Å². The number of pyridine rings is 1. The van der Waals surface area contributed by atoms with Crippen molar-refractivity contribution in [2.75, 3.05) is 0 Å². The van der Waals surface area contributed by atoms with Crippen molar-refractivity contribution in [3.8, 4) is 6.07 Å². The van der Waals surface area contributed by atoms with Crippen LogP contribution in [0.3, 0.4) is 0 Å². The van der Waals surface area contributed by atoms with Gasteiger partial charge >= 0.3 is 0 Å². The molecule has 0 unspecified atom stereocenters. The molecule has 1 aromatic heterocycles. The summed E-state index contributed by atoms with van der Waals surface area (Å²) in [7, 11) is 0. The normalized spacial score (nSPS) is 9.20. The van der Waals surface area contributed by atoms with Crippen LogP contribution in [-0.2, 0) is 32.7 Å². The Balaban J connectivity index is 0. The molecule has 15 heavy (non-hydrogen) atoms. The van der Waals surface area contributed by atoms with Gasteiger partial charge in [0.25, 0.3) is 5.97 Å². The largest absolute Gasteiger partial charge is 0.412 e. The van der Waals surface area contributed by atoms with Crippen molar-refractivity contribution >= 4 is 0 Å². The second-order valence-corrected chi connectivity index (χ2v) is 2.36. The van der Waals surface area contributed by atoms with Crippen LogP contribution in [0.5, 0.6) is 0 Å². The van der Waals surface area contributed by atoms with Gasteiger partial charge in [0.15, 0.2) is 0 Å². The van der Waals surface area contributed by atoms with Crippen molar-refractivity contribution < 1.29 is 53.5 Å². The zero-order valence-electron chi connectivity index (χ0n) is 7.62. The Hall–Kier alpha value is -0.546. The second kappa shape index (κ2) is 6.85. The molecule has 0 aromatic carbocycles. The molecule has 0 saturated carbocycles. The summed E-state index contributed by atoms with van der Waals surface area (Å²) < 4.78 is 0. The third-order valence-corrected chi connectivity index (χ3v) is 1.40. The van der Waals surface area contributed by atoms with Gasteiger partial charge in [0.2, 0.25) is 0 Å². The van der Waals surface area contributed by atoms with Crippen LogP contribution in [0.1, 0.15) is 5.56 Å². The Morgan fingerprint density at radius 2 is 2.00 bits per heavy atom. The van der Waals surface area contributed by atoms with E-state index in [4.69, 9.17) is 20.6 Å². The summed E-state index contributed by atoms with van der Waals surface area (Å²) in [6.07, 6.45) is 2.71. The van der Waals surface area contributed by atoms with Gasteiger partial charge in [0, 0.05) is 44.7 Å². The second-order valence-electron chi connectivity index (χ2n) is 2.36. The molecule has 5 N–H and O–H groups in total.